The van der Waals surface area contributed by atoms with Crippen molar-refractivity contribution in [3.63, 3.8) is 0 Å². The molecule has 0 aliphatic rings. The van der Waals surface area contributed by atoms with Crippen LogP contribution >= 0.6 is 12.4 Å². The summed E-state index contributed by atoms with van der Waals surface area (Å²) >= 11 is 0. The third kappa shape index (κ3) is 4.27. The number of hydrogen-bond acceptors (Lipinski definition) is 2. The molecule has 2 aromatic carbocycles. The van der Waals surface area contributed by atoms with E-state index in [9.17, 15) is 13.9 Å². The molecule has 0 fully saturated rings. The van der Waals surface area contributed by atoms with E-state index < -0.39 is 23.8 Å². The number of nitrogens with two attached hydrogens (primary N) is 1. The largest absolute Gasteiger partial charge is 0.391 e. The predicted molar refractivity (Wildman–Crippen MR) is 76.7 cm³/mol. The molecular formula is C15H16ClF2NO. The molecule has 0 saturated carbocycles. The summed E-state index contributed by atoms with van der Waals surface area (Å²) in [5.41, 5.74) is 7.01. The molecule has 108 valence electrons. The Morgan fingerprint density at radius 3 is 2.10 bits per heavy atom. The molecule has 0 aliphatic heterocycles. The minimum atomic E-state index is -0.899. The number of hydrogen-bond donors (Lipinski definition) is 2. The van der Waals surface area contributed by atoms with Crippen LogP contribution in [0.5, 0.6) is 0 Å². The molecule has 2 atom stereocenters. The van der Waals surface area contributed by atoms with Crippen molar-refractivity contribution >= 4 is 12.4 Å². The van der Waals surface area contributed by atoms with E-state index in [-0.39, 0.29) is 18.0 Å². The second kappa shape index (κ2) is 7.33. The van der Waals surface area contributed by atoms with E-state index in [0.717, 1.165) is 23.8 Å². The first kappa shape index (κ1) is 16.6. The first-order chi connectivity index (χ1) is 9.06. The Bertz CT molecular complexity index is 531. The number of benzene rings is 2. The van der Waals surface area contributed by atoms with E-state index in [1.54, 1.807) is 0 Å². The summed E-state index contributed by atoms with van der Waals surface area (Å²) in [5.74, 6) is -1.39. The highest BCUT2D eigenvalue weighted by atomic mass is 35.5. The van der Waals surface area contributed by atoms with Gasteiger partial charge in [0.15, 0.2) is 0 Å². The number of aliphatic hydroxyl groups is 1. The van der Waals surface area contributed by atoms with Crippen molar-refractivity contribution in [2.24, 2.45) is 5.73 Å². The zero-order chi connectivity index (χ0) is 13.8. The van der Waals surface area contributed by atoms with Crippen molar-refractivity contribution in [2.75, 3.05) is 0 Å². The van der Waals surface area contributed by atoms with E-state index in [2.05, 4.69) is 0 Å². The predicted octanol–water partition coefficient (Wildman–Crippen LogP) is 2.99. The van der Waals surface area contributed by atoms with Crippen LogP contribution < -0.4 is 5.73 Å². The Hall–Kier alpha value is -1.49. The lowest BCUT2D eigenvalue weighted by atomic mass is 9.97. The standard InChI is InChI=1S/C15H15F2NO.ClH/c16-12-7-11(8-13(17)9-12)15(18)14(19)6-10-4-2-1-3-5-10;/h1-5,7-9,14-15,19H,6,18H2;1H/t14-,15+;/m0./s1. The second-order valence-electron chi connectivity index (χ2n) is 4.49. The fraction of sp³-hybridized carbons (Fsp3) is 0.200. The lowest BCUT2D eigenvalue weighted by Crippen LogP contribution is -2.28. The summed E-state index contributed by atoms with van der Waals surface area (Å²) in [6.45, 7) is 0. The number of halogens is 3. The van der Waals surface area contributed by atoms with Crippen LogP contribution in [-0.4, -0.2) is 11.2 Å². The van der Waals surface area contributed by atoms with Gasteiger partial charge in [0.2, 0.25) is 0 Å². The molecule has 0 saturated heterocycles. The lowest BCUT2D eigenvalue weighted by Gasteiger charge is -2.19. The molecule has 20 heavy (non-hydrogen) atoms. The van der Waals surface area contributed by atoms with Gasteiger partial charge in [0.05, 0.1) is 12.1 Å². The van der Waals surface area contributed by atoms with Crippen LogP contribution in [0.1, 0.15) is 17.2 Å². The molecule has 0 aromatic heterocycles. The average molecular weight is 300 g/mol. The van der Waals surface area contributed by atoms with Gasteiger partial charge >= 0.3 is 0 Å². The van der Waals surface area contributed by atoms with E-state index in [4.69, 9.17) is 5.73 Å². The van der Waals surface area contributed by atoms with E-state index in [0.29, 0.717) is 6.42 Å². The Labute approximate surface area is 122 Å². The van der Waals surface area contributed by atoms with Gasteiger partial charge in [-0.2, -0.15) is 0 Å². The first-order valence-corrected chi connectivity index (χ1v) is 6.00. The molecule has 2 aromatic rings. The number of rotatable bonds is 4. The van der Waals surface area contributed by atoms with Gasteiger partial charge in [-0.25, -0.2) is 8.78 Å². The smallest absolute Gasteiger partial charge is 0.126 e. The van der Waals surface area contributed by atoms with Crippen LogP contribution in [0.2, 0.25) is 0 Å². The molecule has 3 N–H and O–H groups in total. The Kier molecular flexibility index (Phi) is 6.07. The zero-order valence-corrected chi connectivity index (χ0v) is 11.5. The minimum Gasteiger partial charge on any atom is -0.391 e. The number of aliphatic hydroxyl groups excluding tert-OH is 1. The maximum absolute atomic E-state index is 13.1. The van der Waals surface area contributed by atoms with Crippen LogP contribution in [0.4, 0.5) is 8.78 Å². The normalized spacial score (nSPS) is 13.4. The molecule has 0 aliphatic carbocycles. The van der Waals surface area contributed by atoms with Gasteiger partial charge < -0.3 is 10.8 Å². The van der Waals surface area contributed by atoms with Gasteiger partial charge in [-0.05, 0) is 23.3 Å². The van der Waals surface area contributed by atoms with Crippen LogP contribution in [-0.2, 0) is 6.42 Å². The van der Waals surface area contributed by atoms with E-state index in [1.165, 1.54) is 0 Å². The lowest BCUT2D eigenvalue weighted by molar-refractivity contribution is 0.145. The zero-order valence-electron chi connectivity index (χ0n) is 10.7. The van der Waals surface area contributed by atoms with Crippen molar-refractivity contribution in [3.05, 3.63) is 71.3 Å². The molecule has 0 bridgehead atoms. The van der Waals surface area contributed by atoms with Gasteiger partial charge in [-0.15, -0.1) is 12.4 Å². The van der Waals surface area contributed by atoms with Gasteiger partial charge in [0, 0.05) is 12.5 Å². The summed E-state index contributed by atoms with van der Waals surface area (Å²) in [7, 11) is 0. The summed E-state index contributed by atoms with van der Waals surface area (Å²) in [6, 6.07) is 11.5. The van der Waals surface area contributed by atoms with Gasteiger partial charge in [-0.1, -0.05) is 30.3 Å². The highest BCUT2D eigenvalue weighted by Crippen LogP contribution is 2.19. The van der Waals surface area contributed by atoms with Crippen molar-refractivity contribution in [1.29, 1.82) is 0 Å². The Morgan fingerprint density at radius 1 is 1.00 bits per heavy atom. The first-order valence-electron chi connectivity index (χ1n) is 6.00. The highest BCUT2D eigenvalue weighted by Gasteiger charge is 2.18. The third-order valence-electron chi connectivity index (χ3n) is 2.97. The molecule has 0 spiro atoms. The van der Waals surface area contributed by atoms with Crippen LogP contribution in [0.15, 0.2) is 48.5 Å². The summed E-state index contributed by atoms with van der Waals surface area (Å²) in [6.07, 6.45) is -0.566. The molecule has 0 unspecified atom stereocenters. The van der Waals surface area contributed by atoms with Crippen molar-refractivity contribution in [1.82, 2.24) is 0 Å². The maximum Gasteiger partial charge on any atom is 0.126 e. The molecule has 0 amide bonds. The summed E-state index contributed by atoms with van der Waals surface area (Å²) < 4.78 is 26.2. The molecule has 2 nitrogen and oxygen atoms in total. The van der Waals surface area contributed by atoms with Crippen molar-refractivity contribution < 1.29 is 13.9 Å². The van der Waals surface area contributed by atoms with E-state index >= 15 is 0 Å². The summed E-state index contributed by atoms with van der Waals surface area (Å²) in [5, 5.41) is 10.0. The van der Waals surface area contributed by atoms with E-state index in [1.807, 2.05) is 30.3 Å². The van der Waals surface area contributed by atoms with Crippen molar-refractivity contribution in [3.8, 4) is 0 Å². The van der Waals surface area contributed by atoms with Crippen LogP contribution in [0.3, 0.4) is 0 Å². The highest BCUT2D eigenvalue weighted by molar-refractivity contribution is 5.85. The van der Waals surface area contributed by atoms with Crippen LogP contribution in [0, 0.1) is 11.6 Å². The topological polar surface area (TPSA) is 46.2 Å². The maximum atomic E-state index is 13.1. The van der Waals surface area contributed by atoms with Crippen molar-refractivity contribution in [2.45, 2.75) is 18.6 Å². The SMILES string of the molecule is Cl.N[C@H](c1cc(F)cc(F)c1)[C@@H](O)Cc1ccccc1. The molecular weight excluding hydrogens is 284 g/mol. The van der Waals surface area contributed by atoms with Crippen LogP contribution in [0.25, 0.3) is 0 Å². The van der Waals surface area contributed by atoms with Gasteiger partial charge in [-0.3, -0.25) is 0 Å². The third-order valence-corrected chi connectivity index (χ3v) is 2.97. The minimum absolute atomic E-state index is 0. The molecule has 0 heterocycles. The molecule has 2 rings (SSSR count). The van der Waals surface area contributed by atoms with Gasteiger partial charge in [0.25, 0.3) is 0 Å². The Balaban J connectivity index is 0.00000200. The Morgan fingerprint density at radius 2 is 1.55 bits per heavy atom. The summed E-state index contributed by atoms with van der Waals surface area (Å²) in [4.78, 5) is 0. The monoisotopic (exact) mass is 299 g/mol. The fourth-order valence-electron chi connectivity index (χ4n) is 1.97. The molecule has 5 heteroatoms. The molecule has 0 radical (unpaired) electrons. The average Bonchev–Trinajstić information content (AvgIpc) is 2.37. The fourth-order valence-corrected chi connectivity index (χ4v) is 1.97. The van der Waals surface area contributed by atoms with Gasteiger partial charge in [0.1, 0.15) is 11.6 Å². The quantitative estimate of drug-likeness (QED) is 0.911. The second-order valence-corrected chi connectivity index (χ2v) is 4.49.